The maximum atomic E-state index is 14.7. The van der Waals surface area contributed by atoms with Gasteiger partial charge in [-0.2, -0.15) is 0 Å². The average molecular weight is 516 g/mol. The first kappa shape index (κ1) is 26.2. The Kier molecular flexibility index (Phi) is 8.00. The molecule has 1 heterocycles. The third-order valence-electron chi connectivity index (χ3n) is 6.94. The first-order valence-electron chi connectivity index (χ1n) is 12.4. The summed E-state index contributed by atoms with van der Waals surface area (Å²) in [6.07, 6.45) is 4.80. The molecule has 4 rings (SSSR count). The molecule has 8 heteroatoms. The summed E-state index contributed by atoms with van der Waals surface area (Å²) in [4.78, 5) is 25.4. The van der Waals surface area contributed by atoms with Crippen molar-refractivity contribution in [1.82, 2.24) is 4.57 Å². The molecule has 1 aliphatic carbocycles. The van der Waals surface area contributed by atoms with Crippen molar-refractivity contribution in [2.24, 2.45) is 5.92 Å². The Morgan fingerprint density at radius 3 is 2.53 bits per heavy atom. The second kappa shape index (κ2) is 11.0. The predicted molar refractivity (Wildman–Crippen MR) is 138 cm³/mol. The highest BCUT2D eigenvalue weighted by atomic mass is 35.5. The van der Waals surface area contributed by atoms with Crippen LogP contribution in [0, 0.1) is 11.7 Å². The van der Waals surface area contributed by atoms with Gasteiger partial charge in [0.1, 0.15) is 17.3 Å². The average Bonchev–Trinajstić information content (AvgIpc) is 2.84. The lowest BCUT2D eigenvalue weighted by Crippen LogP contribution is -2.30. The Hall–Kier alpha value is -2.90. The fourth-order valence-corrected chi connectivity index (χ4v) is 5.48. The van der Waals surface area contributed by atoms with Crippen LogP contribution in [0.3, 0.4) is 0 Å². The maximum Gasteiger partial charge on any atom is 0.352 e. The van der Waals surface area contributed by atoms with Crippen LogP contribution in [-0.4, -0.2) is 33.5 Å². The molecule has 1 aliphatic rings. The second-order valence-corrected chi connectivity index (χ2v) is 10.2. The summed E-state index contributed by atoms with van der Waals surface area (Å²) in [6.45, 7) is 3.46. The molecule has 0 unspecified atom stereocenters. The molecule has 1 fully saturated rings. The first-order chi connectivity index (χ1) is 17.2. The van der Waals surface area contributed by atoms with E-state index in [0.717, 1.165) is 38.2 Å². The minimum Gasteiger partial charge on any atom is -0.491 e. The number of aliphatic hydroxyl groups is 1. The lowest BCUT2D eigenvalue weighted by molar-refractivity contribution is 0.0671. The molecule has 0 aliphatic heterocycles. The quantitative estimate of drug-likeness (QED) is 0.385. The molecule has 0 amide bonds. The van der Waals surface area contributed by atoms with Crippen molar-refractivity contribution in [3.05, 3.63) is 74.3 Å². The lowest BCUT2D eigenvalue weighted by Gasteiger charge is -2.33. The fourth-order valence-electron chi connectivity index (χ4n) is 5.29. The van der Waals surface area contributed by atoms with Crippen LogP contribution in [0.25, 0.3) is 10.9 Å². The number of hydrogen-bond donors (Lipinski definition) is 2. The van der Waals surface area contributed by atoms with Crippen LogP contribution in [0.5, 0.6) is 5.75 Å². The van der Waals surface area contributed by atoms with E-state index in [9.17, 15) is 24.2 Å². The highest BCUT2D eigenvalue weighted by Crippen LogP contribution is 2.37. The summed E-state index contributed by atoms with van der Waals surface area (Å²) >= 11 is 5.98. The summed E-state index contributed by atoms with van der Waals surface area (Å²) in [5.41, 5.74) is 0.704. The molecule has 6 nitrogen and oxygen atoms in total. The Morgan fingerprint density at radius 1 is 1.17 bits per heavy atom. The van der Waals surface area contributed by atoms with E-state index >= 15 is 0 Å². The van der Waals surface area contributed by atoms with E-state index in [2.05, 4.69) is 0 Å². The summed E-state index contributed by atoms with van der Waals surface area (Å²) in [6, 6.07) is 8.68. The monoisotopic (exact) mass is 515 g/mol. The highest BCUT2D eigenvalue weighted by molar-refractivity contribution is 6.30. The largest absolute Gasteiger partial charge is 0.491 e. The van der Waals surface area contributed by atoms with E-state index < -0.39 is 23.3 Å². The number of aliphatic hydroxyl groups excluding tert-OH is 1. The van der Waals surface area contributed by atoms with Gasteiger partial charge in [0.2, 0.25) is 0 Å². The Morgan fingerprint density at radius 2 is 1.89 bits per heavy atom. The van der Waals surface area contributed by atoms with Gasteiger partial charge in [-0.1, -0.05) is 43.0 Å². The Labute approximate surface area is 214 Å². The van der Waals surface area contributed by atoms with Gasteiger partial charge >= 0.3 is 5.97 Å². The molecule has 2 aromatic carbocycles. The number of benzene rings is 2. The van der Waals surface area contributed by atoms with Crippen LogP contribution in [0.15, 0.2) is 41.2 Å². The standard InChI is InChI=1S/C28H31ClFNO5/c1-16(2)36-26-14-22-20(12-19(26)11-18-9-6-10-21(29)27(18)30)25(33)13-23(28(34)35)31(22)24(15-32)17-7-4-3-5-8-17/h6,9-10,12-14,16-17,24,32H,3-5,7-8,11,15H2,1-2H3,(H,34,35)/t24-/m1/s1. The van der Waals surface area contributed by atoms with Crippen molar-refractivity contribution in [2.75, 3.05) is 6.61 Å². The number of pyridine rings is 1. The molecule has 1 saturated carbocycles. The molecular weight excluding hydrogens is 485 g/mol. The Bertz CT molecular complexity index is 1330. The third kappa shape index (κ3) is 5.27. The van der Waals surface area contributed by atoms with E-state index in [1.54, 1.807) is 28.8 Å². The third-order valence-corrected chi connectivity index (χ3v) is 7.23. The molecule has 36 heavy (non-hydrogen) atoms. The molecule has 0 saturated heterocycles. The van der Waals surface area contributed by atoms with Crippen LogP contribution < -0.4 is 10.2 Å². The van der Waals surface area contributed by atoms with Crippen LogP contribution in [0.1, 0.15) is 73.6 Å². The number of ether oxygens (including phenoxy) is 1. The number of hydrogen-bond acceptors (Lipinski definition) is 4. The van der Waals surface area contributed by atoms with Crippen molar-refractivity contribution in [1.29, 1.82) is 0 Å². The number of carbonyl (C=O) groups is 1. The topological polar surface area (TPSA) is 88.8 Å². The van der Waals surface area contributed by atoms with Gasteiger partial charge in [0.15, 0.2) is 5.43 Å². The van der Waals surface area contributed by atoms with Gasteiger partial charge in [0.25, 0.3) is 0 Å². The van der Waals surface area contributed by atoms with Gasteiger partial charge in [-0.05, 0) is 55.9 Å². The maximum absolute atomic E-state index is 14.7. The van der Waals surface area contributed by atoms with Crippen LogP contribution >= 0.6 is 11.6 Å². The lowest BCUT2D eigenvalue weighted by atomic mass is 9.83. The number of fused-ring (bicyclic) bond motifs is 1. The zero-order valence-electron chi connectivity index (χ0n) is 20.5. The molecule has 0 bridgehead atoms. The molecule has 3 aromatic rings. The van der Waals surface area contributed by atoms with Gasteiger partial charge in [0, 0.05) is 23.9 Å². The molecule has 0 spiro atoms. The SMILES string of the molecule is CC(C)Oc1cc2c(cc1Cc1cccc(Cl)c1F)c(=O)cc(C(=O)O)n2[C@H](CO)C1CCCCC1. The number of carboxylic acids is 1. The summed E-state index contributed by atoms with van der Waals surface area (Å²) in [7, 11) is 0. The molecule has 2 N–H and O–H groups in total. The van der Waals surface area contributed by atoms with Crippen LogP contribution in [0.2, 0.25) is 5.02 Å². The van der Waals surface area contributed by atoms with Gasteiger partial charge in [-0.15, -0.1) is 0 Å². The van der Waals surface area contributed by atoms with Crippen molar-refractivity contribution in [3.63, 3.8) is 0 Å². The molecule has 0 radical (unpaired) electrons. The molecule has 1 aromatic heterocycles. The normalized spacial score (nSPS) is 15.4. The van der Waals surface area contributed by atoms with Crippen molar-refractivity contribution < 1.29 is 24.1 Å². The summed E-state index contributed by atoms with van der Waals surface area (Å²) in [5.74, 6) is -1.26. The van der Waals surface area contributed by atoms with E-state index in [1.807, 2.05) is 13.8 Å². The van der Waals surface area contributed by atoms with Crippen molar-refractivity contribution in [2.45, 2.75) is 64.5 Å². The second-order valence-electron chi connectivity index (χ2n) is 9.75. The van der Waals surface area contributed by atoms with Gasteiger partial charge in [-0.3, -0.25) is 4.79 Å². The number of aromatic nitrogens is 1. The fraction of sp³-hybridized carbons (Fsp3) is 0.429. The van der Waals surface area contributed by atoms with E-state index in [0.29, 0.717) is 27.8 Å². The minimum absolute atomic E-state index is 0.00587. The van der Waals surface area contributed by atoms with E-state index in [-0.39, 0.29) is 35.8 Å². The zero-order valence-corrected chi connectivity index (χ0v) is 21.2. The first-order valence-corrected chi connectivity index (χ1v) is 12.7. The number of carboxylic acid groups (broad SMARTS) is 1. The number of nitrogens with zero attached hydrogens (tertiary/aromatic N) is 1. The number of aromatic carboxylic acids is 1. The number of halogens is 2. The highest BCUT2D eigenvalue weighted by Gasteiger charge is 2.29. The van der Waals surface area contributed by atoms with Crippen molar-refractivity contribution in [3.8, 4) is 5.75 Å². The minimum atomic E-state index is -1.24. The van der Waals surface area contributed by atoms with Gasteiger partial charge < -0.3 is 19.5 Å². The molecular formula is C28H31ClFNO5. The zero-order chi connectivity index (χ0) is 26.0. The van der Waals surface area contributed by atoms with Gasteiger partial charge in [-0.25, -0.2) is 9.18 Å². The smallest absolute Gasteiger partial charge is 0.352 e. The predicted octanol–water partition coefficient (Wildman–Crippen LogP) is 5.98. The summed E-state index contributed by atoms with van der Waals surface area (Å²) < 4.78 is 22.4. The summed E-state index contributed by atoms with van der Waals surface area (Å²) in [5, 5.41) is 20.7. The van der Waals surface area contributed by atoms with E-state index in [1.165, 1.54) is 6.07 Å². The number of rotatable bonds is 8. The molecule has 192 valence electrons. The molecule has 1 atom stereocenters. The van der Waals surface area contributed by atoms with E-state index in [4.69, 9.17) is 16.3 Å². The van der Waals surface area contributed by atoms with Gasteiger partial charge in [0.05, 0.1) is 29.3 Å². The van der Waals surface area contributed by atoms with Crippen LogP contribution in [-0.2, 0) is 6.42 Å². The van der Waals surface area contributed by atoms with Crippen molar-refractivity contribution >= 4 is 28.5 Å². The van der Waals surface area contributed by atoms with Crippen LogP contribution in [0.4, 0.5) is 4.39 Å². The Balaban J connectivity index is 1.96.